The third kappa shape index (κ3) is 6.17. The molecular weight excluding hydrogens is 375 g/mol. The van der Waals surface area contributed by atoms with E-state index in [4.69, 9.17) is 10.5 Å². The minimum Gasteiger partial charge on any atom is -0.494 e. The Morgan fingerprint density at radius 2 is 2.03 bits per heavy atom. The molecule has 2 amide bonds. The number of nitrogens with one attached hydrogen (secondary N) is 1. The lowest BCUT2D eigenvalue weighted by atomic mass is 9.97. The van der Waals surface area contributed by atoms with Crippen molar-refractivity contribution in [3.05, 3.63) is 48.4 Å². The maximum absolute atomic E-state index is 12.8. The van der Waals surface area contributed by atoms with Gasteiger partial charge in [-0.3, -0.25) is 9.59 Å². The molecule has 8 heteroatoms. The second-order valence-electron chi connectivity index (χ2n) is 7.05. The average molecular weight is 400 g/mol. The van der Waals surface area contributed by atoms with Crippen LogP contribution in [0.2, 0.25) is 0 Å². The van der Waals surface area contributed by atoms with Crippen molar-refractivity contribution in [3.63, 3.8) is 0 Å². The molecule has 2 heterocycles. The van der Waals surface area contributed by atoms with Crippen LogP contribution in [0.4, 0.5) is 15.9 Å². The second-order valence-corrected chi connectivity index (χ2v) is 7.05. The Labute approximate surface area is 169 Å². The minimum absolute atomic E-state index is 0.131. The number of carbonyl (C=O) groups is 2. The van der Waals surface area contributed by atoms with Crippen LogP contribution in [0.15, 0.2) is 42.6 Å². The van der Waals surface area contributed by atoms with Gasteiger partial charge in [0.05, 0.1) is 24.4 Å². The Balaban J connectivity index is 1.41. The monoisotopic (exact) mass is 400 g/mol. The number of aromatic nitrogens is 1. The predicted molar refractivity (Wildman–Crippen MR) is 108 cm³/mol. The van der Waals surface area contributed by atoms with E-state index in [9.17, 15) is 14.0 Å². The fourth-order valence-corrected chi connectivity index (χ4v) is 3.24. The van der Waals surface area contributed by atoms with E-state index in [0.29, 0.717) is 37.4 Å². The van der Waals surface area contributed by atoms with Crippen molar-refractivity contribution in [2.45, 2.75) is 25.7 Å². The van der Waals surface area contributed by atoms with E-state index in [1.807, 2.05) is 11.0 Å². The number of rotatable bonds is 8. The summed E-state index contributed by atoms with van der Waals surface area (Å²) in [7, 11) is 0. The number of halogens is 1. The number of pyridine rings is 1. The molecule has 0 spiro atoms. The van der Waals surface area contributed by atoms with Gasteiger partial charge in [-0.05, 0) is 55.7 Å². The molecule has 3 N–H and O–H groups in total. The van der Waals surface area contributed by atoms with Crippen LogP contribution in [0.25, 0.3) is 0 Å². The Hall–Kier alpha value is -3.16. The summed E-state index contributed by atoms with van der Waals surface area (Å²) >= 11 is 0. The zero-order chi connectivity index (χ0) is 20.6. The molecule has 7 nitrogen and oxygen atoms in total. The number of carbonyl (C=O) groups excluding carboxylic acids is 2. The van der Waals surface area contributed by atoms with E-state index in [2.05, 4.69) is 10.3 Å². The summed E-state index contributed by atoms with van der Waals surface area (Å²) < 4.78 is 18.3. The summed E-state index contributed by atoms with van der Waals surface area (Å²) in [5, 5.41) is 2.81. The number of primary amides is 1. The van der Waals surface area contributed by atoms with Crippen LogP contribution < -0.4 is 20.7 Å². The molecule has 29 heavy (non-hydrogen) atoms. The molecule has 1 aliphatic heterocycles. The molecule has 1 atom stereocenters. The number of nitrogens with two attached hydrogens (primary N) is 1. The molecule has 154 valence electrons. The van der Waals surface area contributed by atoms with Gasteiger partial charge in [-0.25, -0.2) is 9.37 Å². The van der Waals surface area contributed by atoms with Gasteiger partial charge in [-0.2, -0.15) is 0 Å². The van der Waals surface area contributed by atoms with E-state index in [-0.39, 0.29) is 23.5 Å². The summed E-state index contributed by atoms with van der Waals surface area (Å²) in [5.41, 5.74) is 6.03. The van der Waals surface area contributed by atoms with Crippen LogP contribution in [0, 0.1) is 11.7 Å². The molecule has 2 aromatic rings. The fraction of sp³-hybridized carbons (Fsp3) is 0.381. The van der Waals surface area contributed by atoms with Gasteiger partial charge in [-0.1, -0.05) is 0 Å². The first-order chi connectivity index (χ1) is 14.0. The lowest BCUT2D eigenvalue weighted by Gasteiger charge is -2.32. The largest absolute Gasteiger partial charge is 0.494 e. The third-order valence-corrected chi connectivity index (χ3v) is 4.81. The maximum atomic E-state index is 12.8. The number of hydrogen-bond donors (Lipinski definition) is 2. The molecule has 3 rings (SSSR count). The summed E-state index contributed by atoms with van der Waals surface area (Å²) in [6.07, 6.45) is 4.15. The van der Waals surface area contributed by atoms with Gasteiger partial charge in [0.25, 0.3) is 0 Å². The summed E-state index contributed by atoms with van der Waals surface area (Å²) in [6.45, 7) is 1.77. The number of nitrogens with zero attached hydrogens (tertiary/aromatic N) is 2. The SMILES string of the molecule is NC(=O)C1CCCN(c2ccc(NC(=O)CCCOc3ccc(F)cc3)cn2)C1. The van der Waals surface area contributed by atoms with E-state index >= 15 is 0 Å². The number of amides is 2. The zero-order valence-electron chi connectivity index (χ0n) is 16.1. The molecule has 1 aromatic heterocycles. The van der Waals surface area contributed by atoms with Crippen molar-refractivity contribution in [2.75, 3.05) is 29.9 Å². The zero-order valence-corrected chi connectivity index (χ0v) is 16.1. The molecule has 0 saturated carbocycles. The van der Waals surface area contributed by atoms with Gasteiger partial charge < -0.3 is 20.7 Å². The van der Waals surface area contributed by atoms with Crippen LogP contribution in [-0.4, -0.2) is 36.5 Å². The number of piperidine rings is 1. The highest BCUT2D eigenvalue weighted by molar-refractivity contribution is 5.90. The molecule has 0 radical (unpaired) electrons. The minimum atomic E-state index is -0.315. The molecule has 1 aromatic carbocycles. The highest BCUT2D eigenvalue weighted by Gasteiger charge is 2.24. The van der Waals surface area contributed by atoms with E-state index in [1.54, 1.807) is 24.4 Å². The highest BCUT2D eigenvalue weighted by atomic mass is 19.1. The Bertz CT molecular complexity index is 827. The first kappa shape index (κ1) is 20.6. The number of hydrogen-bond acceptors (Lipinski definition) is 5. The van der Waals surface area contributed by atoms with E-state index in [0.717, 1.165) is 25.2 Å². The van der Waals surface area contributed by atoms with Crippen LogP contribution in [0.3, 0.4) is 0 Å². The van der Waals surface area contributed by atoms with Crippen molar-refractivity contribution in [1.29, 1.82) is 0 Å². The second kappa shape index (κ2) is 9.86. The Morgan fingerprint density at radius 3 is 2.72 bits per heavy atom. The smallest absolute Gasteiger partial charge is 0.224 e. The summed E-state index contributed by atoms with van der Waals surface area (Å²) in [4.78, 5) is 29.9. The van der Waals surface area contributed by atoms with Crippen LogP contribution >= 0.6 is 0 Å². The number of anilines is 2. The lowest BCUT2D eigenvalue weighted by molar-refractivity contribution is -0.122. The van der Waals surface area contributed by atoms with Crippen molar-refractivity contribution >= 4 is 23.3 Å². The van der Waals surface area contributed by atoms with Gasteiger partial charge in [0, 0.05) is 19.5 Å². The lowest BCUT2D eigenvalue weighted by Crippen LogP contribution is -2.41. The summed E-state index contributed by atoms with van der Waals surface area (Å²) in [6, 6.07) is 9.39. The number of benzene rings is 1. The maximum Gasteiger partial charge on any atom is 0.224 e. The van der Waals surface area contributed by atoms with E-state index < -0.39 is 0 Å². The highest BCUT2D eigenvalue weighted by Crippen LogP contribution is 2.22. The van der Waals surface area contributed by atoms with Crippen molar-refractivity contribution in [3.8, 4) is 5.75 Å². The molecule has 1 saturated heterocycles. The van der Waals surface area contributed by atoms with Crippen LogP contribution in [0.1, 0.15) is 25.7 Å². The molecular formula is C21H25FN4O3. The van der Waals surface area contributed by atoms with Crippen LogP contribution in [0.5, 0.6) is 5.75 Å². The molecule has 1 unspecified atom stereocenters. The quantitative estimate of drug-likeness (QED) is 0.664. The van der Waals surface area contributed by atoms with Gasteiger partial charge in [0.2, 0.25) is 11.8 Å². The van der Waals surface area contributed by atoms with Gasteiger partial charge in [-0.15, -0.1) is 0 Å². The Morgan fingerprint density at radius 1 is 1.24 bits per heavy atom. The fourth-order valence-electron chi connectivity index (χ4n) is 3.24. The van der Waals surface area contributed by atoms with Crippen molar-refractivity contribution < 1.29 is 18.7 Å². The standard InChI is InChI=1S/C21H25FN4O3/c22-16-5-8-18(9-6-16)29-12-2-4-20(27)25-17-7-10-19(24-13-17)26-11-1-3-15(14-26)21(23)28/h5-10,13,15H,1-4,11-12,14H2,(H2,23,28)(H,25,27). The van der Waals surface area contributed by atoms with Gasteiger partial charge in [0.15, 0.2) is 0 Å². The molecule has 1 aliphatic rings. The predicted octanol–water partition coefficient (Wildman–Crippen LogP) is 2.72. The average Bonchev–Trinajstić information content (AvgIpc) is 2.73. The van der Waals surface area contributed by atoms with Crippen molar-refractivity contribution in [1.82, 2.24) is 4.98 Å². The van der Waals surface area contributed by atoms with Gasteiger partial charge in [0.1, 0.15) is 17.4 Å². The van der Waals surface area contributed by atoms with E-state index in [1.165, 1.54) is 12.1 Å². The Kier molecular flexibility index (Phi) is 6.99. The number of ether oxygens (including phenoxy) is 1. The first-order valence-electron chi connectivity index (χ1n) is 9.70. The third-order valence-electron chi connectivity index (χ3n) is 4.81. The first-order valence-corrected chi connectivity index (χ1v) is 9.70. The molecule has 1 fully saturated rings. The summed E-state index contributed by atoms with van der Waals surface area (Å²) in [5.74, 6) is 0.465. The normalized spacial score (nSPS) is 16.3. The molecule has 0 aliphatic carbocycles. The van der Waals surface area contributed by atoms with Crippen LogP contribution in [-0.2, 0) is 9.59 Å². The topological polar surface area (TPSA) is 97.6 Å². The molecule has 0 bridgehead atoms. The van der Waals surface area contributed by atoms with Crippen molar-refractivity contribution in [2.24, 2.45) is 11.7 Å². The van der Waals surface area contributed by atoms with Gasteiger partial charge >= 0.3 is 0 Å².